The van der Waals surface area contributed by atoms with Gasteiger partial charge in [-0.3, -0.25) is 24.2 Å². The Balaban J connectivity index is 1.72. The van der Waals surface area contributed by atoms with Crippen molar-refractivity contribution in [3.8, 4) is 5.75 Å². The number of amides is 3. The molecule has 0 aromatic heterocycles. The van der Waals surface area contributed by atoms with Gasteiger partial charge in [0.05, 0.1) is 36.0 Å². The maximum atomic E-state index is 13.6. The molecule has 8 heteroatoms. The third-order valence-electron chi connectivity index (χ3n) is 5.43. The molecule has 0 atom stereocenters. The van der Waals surface area contributed by atoms with E-state index in [0.717, 1.165) is 4.90 Å². The lowest BCUT2D eigenvalue weighted by atomic mass is 10.1. The van der Waals surface area contributed by atoms with E-state index in [1.54, 1.807) is 67.6 Å². The number of nitrogens with zero attached hydrogens (tertiary/aromatic N) is 2. The van der Waals surface area contributed by atoms with E-state index < -0.39 is 23.7 Å². The summed E-state index contributed by atoms with van der Waals surface area (Å²) in [6.45, 7) is 1.63. The lowest BCUT2D eigenvalue weighted by Crippen LogP contribution is -2.44. The van der Waals surface area contributed by atoms with Crippen molar-refractivity contribution in [3.05, 3.63) is 95.1 Å². The second kappa shape index (κ2) is 9.58. The van der Waals surface area contributed by atoms with E-state index in [1.165, 1.54) is 24.1 Å². The number of carbonyl (C=O) groups is 4. The van der Waals surface area contributed by atoms with Gasteiger partial charge in [-0.2, -0.15) is 0 Å². The lowest BCUT2D eigenvalue weighted by molar-refractivity contribution is 0.0525. The average molecular weight is 458 g/mol. The van der Waals surface area contributed by atoms with Gasteiger partial charge in [0.2, 0.25) is 0 Å². The Bertz CT molecular complexity index is 1230. The molecule has 3 aromatic carbocycles. The first-order chi connectivity index (χ1) is 16.5. The molecule has 34 heavy (non-hydrogen) atoms. The summed E-state index contributed by atoms with van der Waals surface area (Å²) in [6.07, 6.45) is 0. The van der Waals surface area contributed by atoms with Crippen LogP contribution in [0.4, 0.5) is 5.69 Å². The molecule has 3 aromatic rings. The minimum atomic E-state index is -0.489. The first kappa shape index (κ1) is 22.7. The number of hydrogen-bond donors (Lipinski definition) is 0. The van der Waals surface area contributed by atoms with Gasteiger partial charge in [-0.05, 0) is 55.5 Å². The fraction of sp³-hybridized carbons (Fsp3) is 0.154. The number of carbonyl (C=O) groups excluding carboxylic acids is 4. The van der Waals surface area contributed by atoms with E-state index >= 15 is 0 Å². The van der Waals surface area contributed by atoms with Gasteiger partial charge in [-0.25, -0.2) is 4.79 Å². The highest BCUT2D eigenvalue weighted by atomic mass is 16.5. The number of fused-ring (bicyclic) bond motifs is 1. The van der Waals surface area contributed by atoms with Gasteiger partial charge >= 0.3 is 5.97 Å². The quantitative estimate of drug-likeness (QED) is 0.395. The number of imide groups is 1. The largest absolute Gasteiger partial charge is 0.496 e. The van der Waals surface area contributed by atoms with E-state index in [1.807, 2.05) is 0 Å². The van der Waals surface area contributed by atoms with Crippen molar-refractivity contribution >= 4 is 29.4 Å². The highest BCUT2D eigenvalue weighted by molar-refractivity contribution is 6.22. The monoisotopic (exact) mass is 458 g/mol. The van der Waals surface area contributed by atoms with Gasteiger partial charge in [-0.15, -0.1) is 0 Å². The van der Waals surface area contributed by atoms with Crippen LogP contribution in [-0.4, -0.2) is 49.0 Å². The fourth-order valence-corrected chi connectivity index (χ4v) is 3.73. The van der Waals surface area contributed by atoms with Crippen LogP contribution in [0.15, 0.2) is 72.8 Å². The van der Waals surface area contributed by atoms with Gasteiger partial charge in [-0.1, -0.05) is 24.3 Å². The first-order valence-electron chi connectivity index (χ1n) is 10.6. The van der Waals surface area contributed by atoms with Crippen LogP contribution in [0.3, 0.4) is 0 Å². The smallest absolute Gasteiger partial charge is 0.338 e. The summed E-state index contributed by atoms with van der Waals surface area (Å²) < 4.78 is 10.4. The third kappa shape index (κ3) is 4.13. The van der Waals surface area contributed by atoms with Crippen molar-refractivity contribution in [1.82, 2.24) is 4.90 Å². The number of rotatable bonds is 7. The second-order valence-electron chi connectivity index (χ2n) is 7.43. The number of esters is 1. The molecule has 0 radical (unpaired) electrons. The molecule has 8 nitrogen and oxygen atoms in total. The lowest BCUT2D eigenvalue weighted by Gasteiger charge is -2.27. The van der Waals surface area contributed by atoms with Crippen molar-refractivity contribution in [2.24, 2.45) is 0 Å². The summed E-state index contributed by atoms with van der Waals surface area (Å²) in [5, 5.41) is 0. The van der Waals surface area contributed by atoms with Crippen LogP contribution in [-0.2, 0) is 4.74 Å². The second-order valence-corrected chi connectivity index (χ2v) is 7.43. The SMILES string of the molecule is CCOC(=O)c1ccc(N(CN2C(=O)c3ccccc3C2=O)C(=O)c2ccccc2OC)cc1. The van der Waals surface area contributed by atoms with Gasteiger partial charge in [0.25, 0.3) is 17.7 Å². The van der Waals surface area contributed by atoms with Crippen molar-refractivity contribution in [3.63, 3.8) is 0 Å². The fourth-order valence-electron chi connectivity index (χ4n) is 3.73. The van der Waals surface area contributed by atoms with Crippen LogP contribution < -0.4 is 9.64 Å². The Morgan fingerprint density at radius 3 is 2.03 bits per heavy atom. The summed E-state index contributed by atoms with van der Waals surface area (Å²) in [4.78, 5) is 53.9. The molecule has 1 heterocycles. The summed E-state index contributed by atoms with van der Waals surface area (Å²) in [6, 6.07) is 19.4. The molecular formula is C26H22N2O6. The van der Waals surface area contributed by atoms with Crippen LogP contribution in [0.2, 0.25) is 0 Å². The van der Waals surface area contributed by atoms with Crippen molar-refractivity contribution in [2.45, 2.75) is 6.92 Å². The van der Waals surface area contributed by atoms with Crippen LogP contribution >= 0.6 is 0 Å². The highest BCUT2D eigenvalue weighted by Gasteiger charge is 2.37. The molecule has 3 amide bonds. The number of benzene rings is 3. The first-order valence-corrected chi connectivity index (χ1v) is 10.6. The Morgan fingerprint density at radius 1 is 0.853 bits per heavy atom. The van der Waals surface area contributed by atoms with Crippen LogP contribution in [0, 0.1) is 0 Å². The summed E-state index contributed by atoms with van der Waals surface area (Å²) in [7, 11) is 1.45. The Labute approximate surface area is 196 Å². The minimum Gasteiger partial charge on any atom is -0.496 e. The topological polar surface area (TPSA) is 93.2 Å². The molecule has 0 N–H and O–H groups in total. The van der Waals surface area contributed by atoms with E-state index in [4.69, 9.17) is 9.47 Å². The predicted octanol–water partition coefficient (Wildman–Crippen LogP) is 3.77. The minimum absolute atomic E-state index is 0.235. The molecule has 0 aliphatic carbocycles. The molecule has 0 unspecified atom stereocenters. The van der Waals surface area contributed by atoms with Gasteiger partial charge in [0, 0.05) is 5.69 Å². The summed E-state index contributed by atoms with van der Waals surface area (Å²) in [5.74, 6) is -1.58. The molecule has 0 spiro atoms. The maximum Gasteiger partial charge on any atom is 0.338 e. The van der Waals surface area contributed by atoms with Crippen LogP contribution in [0.5, 0.6) is 5.75 Å². The Hall–Kier alpha value is -4.46. The predicted molar refractivity (Wildman–Crippen MR) is 124 cm³/mol. The molecule has 4 rings (SSSR count). The van der Waals surface area contributed by atoms with Crippen LogP contribution in [0.25, 0.3) is 0 Å². The molecule has 0 fully saturated rings. The van der Waals surface area contributed by atoms with Gasteiger partial charge < -0.3 is 9.47 Å². The van der Waals surface area contributed by atoms with Gasteiger partial charge in [0.1, 0.15) is 12.4 Å². The van der Waals surface area contributed by atoms with Crippen molar-refractivity contribution < 1.29 is 28.7 Å². The standard InChI is InChI=1S/C26H22N2O6/c1-3-34-26(32)17-12-14-18(15-13-17)27(25(31)21-10-6-7-11-22(21)33-2)16-28-23(29)19-8-4-5-9-20(19)24(28)30/h4-15H,3,16H2,1-2H3. The maximum absolute atomic E-state index is 13.6. The summed E-state index contributed by atoms with van der Waals surface area (Å²) >= 11 is 0. The Morgan fingerprint density at radius 2 is 1.44 bits per heavy atom. The zero-order chi connectivity index (χ0) is 24.2. The number of methoxy groups -OCH3 is 1. The van der Waals surface area contributed by atoms with Crippen LogP contribution in [0.1, 0.15) is 48.4 Å². The molecule has 0 bridgehead atoms. The molecule has 172 valence electrons. The van der Waals surface area contributed by atoms with E-state index in [9.17, 15) is 19.2 Å². The van der Waals surface area contributed by atoms with E-state index in [2.05, 4.69) is 0 Å². The van der Waals surface area contributed by atoms with Gasteiger partial charge in [0.15, 0.2) is 0 Å². The summed E-state index contributed by atoms with van der Waals surface area (Å²) in [5.41, 5.74) is 1.54. The zero-order valence-electron chi connectivity index (χ0n) is 18.7. The zero-order valence-corrected chi connectivity index (χ0v) is 18.7. The molecule has 1 aliphatic rings. The third-order valence-corrected chi connectivity index (χ3v) is 5.43. The average Bonchev–Trinajstić information content (AvgIpc) is 3.11. The molecular weight excluding hydrogens is 436 g/mol. The van der Waals surface area contributed by atoms with Crippen molar-refractivity contribution in [1.29, 1.82) is 0 Å². The number of ether oxygens (including phenoxy) is 2. The highest BCUT2D eigenvalue weighted by Crippen LogP contribution is 2.27. The van der Waals surface area contributed by atoms with E-state index in [-0.39, 0.29) is 30.0 Å². The van der Waals surface area contributed by atoms with E-state index in [0.29, 0.717) is 17.0 Å². The molecule has 1 aliphatic heterocycles. The number of hydrogen-bond acceptors (Lipinski definition) is 6. The molecule has 0 saturated carbocycles. The van der Waals surface area contributed by atoms with Crippen molar-refractivity contribution in [2.75, 3.05) is 25.3 Å². The molecule has 0 saturated heterocycles. The number of anilines is 1. The Kier molecular flexibility index (Phi) is 6.40. The number of para-hydroxylation sites is 1. The normalized spacial score (nSPS) is 12.4.